The number of hydrogen-bond acceptors (Lipinski definition) is 5. The molecule has 6 nitrogen and oxygen atoms in total. The first-order valence-electron chi connectivity index (χ1n) is 5.97. The van der Waals surface area contributed by atoms with Crippen molar-refractivity contribution in [3.63, 3.8) is 0 Å². The second-order valence-corrected chi connectivity index (χ2v) is 5.04. The van der Waals surface area contributed by atoms with Crippen molar-refractivity contribution in [2.75, 3.05) is 14.2 Å². The number of halogens is 1. The molecule has 0 aliphatic heterocycles. The van der Waals surface area contributed by atoms with Gasteiger partial charge >= 0.3 is 0 Å². The second-order valence-electron chi connectivity index (χ2n) is 4.25. The highest BCUT2D eigenvalue weighted by atomic mass is 79.9. The van der Waals surface area contributed by atoms with E-state index in [2.05, 4.69) is 26.5 Å². The normalized spacial score (nSPS) is 12.2. The summed E-state index contributed by atoms with van der Waals surface area (Å²) in [6, 6.07) is 3.56. The fourth-order valence-corrected chi connectivity index (χ4v) is 2.78. The monoisotopic (exact) mass is 340 g/mol. The number of rotatable bonds is 5. The molecule has 2 aromatic rings. The van der Waals surface area contributed by atoms with E-state index in [9.17, 15) is 0 Å². The van der Waals surface area contributed by atoms with Crippen LogP contribution in [0.5, 0.6) is 11.5 Å². The van der Waals surface area contributed by atoms with Crippen molar-refractivity contribution in [1.29, 1.82) is 0 Å². The van der Waals surface area contributed by atoms with Gasteiger partial charge in [-0.2, -0.15) is 5.10 Å². The highest BCUT2D eigenvalue weighted by molar-refractivity contribution is 9.10. The van der Waals surface area contributed by atoms with Crippen molar-refractivity contribution < 1.29 is 9.47 Å². The molecule has 0 bridgehead atoms. The zero-order chi connectivity index (χ0) is 14.7. The molecule has 0 aliphatic rings. The highest BCUT2D eigenvalue weighted by Crippen LogP contribution is 2.40. The molecule has 0 radical (unpaired) electrons. The highest BCUT2D eigenvalue weighted by Gasteiger charge is 2.22. The molecule has 1 aromatic heterocycles. The van der Waals surface area contributed by atoms with Crippen molar-refractivity contribution in [2.45, 2.75) is 6.04 Å². The molecular formula is C13H17BrN4O2. The molecule has 0 spiro atoms. The van der Waals surface area contributed by atoms with Crippen LogP contribution in [-0.4, -0.2) is 24.0 Å². The third-order valence-electron chi connectivity index (χ3n) is 3.05. The maximum atomic E-state index is 5.70. The lowest BCUT2D eigenvalue weighted by atomic mass is 10.0. The quantitative estimate of drug-likeness (QED) is 0.640. The summed E-state index contributed by atoms with van der Waals surface area (Å²) in [6.45, 7) is 0. The fraction of sp³-hybridized carbons (Fsp3) is 0.308. The van der Waals surface area contributed by atoms with Gasteiger partial charge in [0, 0.05) is 24.4 Å². The van der Waals surface area contributed by atoms with E-state index in [0.29, 0.717) is 11.5 Å². The van der Waals surface area contributed by atoms with Crippen LogP contribution in [0.1, 0.15) is 17.2 Å². The van der Waals surface area contributed by atoms with Crippen LogP contribution < -0.4 is 20.7 Å². The standard InChI is InChI=1S/C13H17BrN4O2/c1-18-7-8(6-16-18)12(17-15)9-4-5-10(19-2)11(14)13(9)20-3/h4-7,12,17H,15H2,1-3H3. The topological polar surface area (TPSA) is 74.3 Å². The molecule has 3 N–H and O–H groups in total. The van der Waals surface area contributed by atoms with Gasteiger partial charge < -0.3 is 9.47 Å². The number of nitrogens with two attached hydrogens (primary N) is 1. The summed E-state index contributed by atoms with van der Waals surface area (Å²) in [5.74, 6) is 7.08. The Balaban J connectivity index is 2.52. The van der Waals surface area contributed by atoms with Gasteiger partial charge in [0.15, 0.2) is 0 Å². The molecule has 1 heterocycles. The van der Waals surface area contributed by atoms with E-state index in [1.54, 1.807) is 25.1 Å². The molecule has 20 heavy (non-hydrogen) atoms. The lowest BCUT2D eigenvalue weighted by molar-refractivity contribution is 0.383. The molecule has 0 aliphatic carbocycles. The van der Waals surface area contributed by atoms with Crippen LogP contribution in [0.3, 0.4) is 0 Å². The largest absolute Gasteiger partial charge is 0.495 e. The molecule has 1 unspecified atom stereocenters. The van der Waals surface area contributed by atoms with Crippen LogP contribution >= 0.6 is 15.9 Å². The Morgan fingerprint density at radius 1 is 1.35 bits per heavy atom. The van der Waals surface area contributed by atoms with Crippen molar-refractivity contribution >= 4 is 15.9 Å². The van der Waals surface area contributed by atoms with Gasteiger partial charge in [0.25, 0.3) is 0 Å². The van der Waals surface area contributed by atoms with E-state index in [-0.39, 0.29) is 6.04 Å². The summed E-state index contributed by atoms with van der Waals surface area (Å²) < 4.78 is 13.2. The van der Waals surface area contributed by atoms with Gasteiger partial charge in [-0.3, -0.25) is 10.5 Å². The number of nitrogens with zero attached hydrogens (tertiary/aromatic N) is 2. The minimum Gasteiger partial charge on any atom is -0.495 e. The summed E-state index contributed by atoms with van der Waals surface area (Å²) >= 11 is 3.49. The Hall–Kier alpha value is -1.57. The Morgan fingerprint density at radius 2 is 2.10 bits per heavy atom. The summed E-state index contributed by atoms with van der Waals surface area (Å²) in [5, 5.41) is 4.17. The van der Waals surface area contributed by atoms with E-state index in [0.717, 1.165) is 15.6 Å². The number of nitrogens with one attached hydrogen (secondary N) is 1. The Labute approximate surface area is 126 Å². The fourth-order valence-electron chi connectivity index (χ4n) is 2.10. The van der Waals surface area contributed by atoms with Crippen LogP contribution in [0.25, 0.3) is 0 Å². The van der Waals surface area contributed by atoms with Gasteiger partial charge in [-0.15, -0.1) is 0 Å². The number of aryl methyl sites for hydroxylation is 1. The summed E-state index contributed by atoms with van der Waals surface area (Å²) in [4.78, 5) is 0. The SMILES string of the molecule is COc1ccc(C(NN)c2cnn(C)c2)c(OC)c1Br. The zero-order valence-electron chi connectivity index (χ0n) is 11.6. The van der Waals surface area contributed by atoms with Gasteiger partial charge in [0.1, 0.15) is 16.0 Å². The van der Waals surface area contributed by atoms with Crippen molar-refractivity contribution in [3.05, 3.63) is 40.1 Å². The summed E-state index contributed by atoms with van der Waals surface area (Å²) in [7, 11) is 5.08. The number of aromatic nitrogens is 2. The predicted molar refractivity (Wildman–Crippen MR) is 79.6 cm³/mol. The number of methoxy groups -OCH3 is 2. The minimum atomic E-state index is -0.221. The van der Waals surface area contributed by atoms with Gasteiger partial charge in [-0.1, -0.05) is 0 Å². The average Bonchev–Trinajstić information content (AvgIpc) is 2.86. The average molecular weight is 341 g/mol. The number of benzene rings is 1. The molecule has 1 aromatic carbocycles. The predicted octanol–water partition coefficient (Wildman–Crippen LogP) is 1.75. The van der Waals surface area contributed by atoms with Crippen molar-refractivity contribution in [2.24, 2.45) is 12.9 Å². The zero-order valence-corrected chi connectivity index (χ0v) is 13.1. The van der Waals surface area contributed by atoms with Crippen LogP contribution in [0.4, 0.5) is 0 Å². The maximum Gasteiger partial charge on any atom is 0.141 e. The lowest BCUT2D eigenvalue weighted by Crippen LogP contribution is -2.29. The molecule has 0 saturated carbocycles. The van der Waals surface area contributed by atoms with E-state index >= 15 is 0 Å². The number of hydrazine groups is 1. The third-order valence-corrected chi connectivity index (χ3v) is 3.80. The smallest absolute Gasteiger partial charge is 0.141 e. The summed E-state index contributed by atoms with van der Waals surface area (Å²) in [6.07, 6.45) is 3.67. The molecule has 7 heteroatoms. The molecule has 0 fully saturated rings. The third kappa shape index (κ3) is 2.65. The first-order chi connectivity index (χ1) is 9.62. The first kappa shape index (κ1) is 14.8. The van der Waals surface area contributed by atoms with Gasteiger partial charge in [0.2, 0.25) is 0 Å². The van der Waals surface area contributed by atoms with Crippen LogP contribution in [0.2, 0.25) is 0 Å². The first-order valence-corrected chi connectivity index (χ1v) is 6.76. The van der Waals surface area contributed by atoms with Crippen LogP contribution in [0, 0.1) is 0 Å². The molecule has 108 valence electrons. The van der Waals surface area contributed by atoms with E-state index < -0.39 is 0 Å². The van der Waals surface area contributed by atoms with Crippen LogP contribution in [0.15, 0.2) is 29.0 Å². The summed E-state index contributed by atoms with van der Waals surface area (Å²) in [5.41, 5.74) is 4.64. The Kier molecular flexibility index (Phi) is 4.64. The van der Waals surface area contributed by atoms with Crippen molar-refractivity contribution in [3.8, 4) is 11.5 Å². The van der Waals surface area contributed by atoms with E-state index in [1.807, 2.05) is 25.4 Å². The maximum absolute atomic E-state index is 5.70. The number of hydrogen-bond donors (Lipinski definition) is 2. The molecule has 0 saturated heterocycles. The van der Waals surface area contributed by atoms with Crippen molar-refractivity contribution in [1.82, 2.24) is 15.2 Å². The molecular weight excluding hydrogens is 324 g/mol. The Bertz CT molecular complexity index is 600. The molecule has 0 amide bonds. The minimum absolute atomic E-state index is 0.221. The second kappa shape index (κ2) is 6.25. The van der Waals surface area contributed by atoms with Gasteiger partial charge in [-0.05, 0) is 28.1 Å². The van der Waals surface area contributed by atoms with E-state index in [4.69, 9.17) is 15.3 Å². The lowest BCUT2D eigenvalue weighted by Gasteiger charge is -2.20. The number of ether oxygens (including phenoxy) is 2. The van der Waals surface area contributed by atoms with Gasteiger partial charge in [0.05, 0.1) is 26.5 Å². The van der Waals surface area contributed by atoms with Gasteiger partial charge in [-0.25, -0.2) is 5.43 Å². The Morgan fingerprint density at radius 3 is 2.60 bits per heavy atom. The molecule has 2 rings (SSSR count). The van der Waals surface area contributed by atoms with Crippen LogP contribution in [-0.2, 0) is 7.05 Å². The van der Waals surface area contributed by atoms with E-state index in [1.165, 1.54) is 0 Å². The molecule has 1 atom stereocenters.